The van der Waals surface area contributed by atoms with Crippen LogP contribution in [0.5, 0.6) is 0 Å². The Morgan fingerprint density at radius 2 is 2.10 bits per heavy atom. The molecule has 2 heterocycles. The highest BCUT2D eigenvalue weighted by Gasteiger charge is 2.22. The van der Waals surface area contributed by atoms with E-state index in [0.717, 1.165) is 29.9 Å². The molecule has 1 unspecified atom stereocenters. The van der Waals surface area contributed by atoms with E-state index in [4.69, 9.17) is 40.6 Å². The number of halogens is 3. The van der Waals surface area contributed by atoms with Gasteiger partial charge in [-0.3, -0.25) is 16.0 Å². The number of nitrogens with zero attached hydrogens (tertiary/aromatic N) is 2. The van der Waals surface area contributed by atoms with Crippen molar-refractivity contribution in [2.45, 2.75) is 39.3 Å². The van der Waals surface area contributed by atoms with E-state index < -0.39 is 0 Å². The third kappa shape index (κ3) is 3.55. The summed E-state index contributed by atoms with van der Waals surface area (Å²) >= 11 is 20.0. The summed E-state index contributed by atoms with van der Waals surface area (Å²) in [6.07, 6.45) is 1.40. The third-order valence-corrected chi connectivity index (χ3v) is 5.31. The molecule has 0 saturated carbocycles. The molecule has 2 rings (SSSR count). The molecular weight excluding hydrogens is 351 g/mol. The lowest BCUT2D eigenvalue weighted by atomic mass is 10.1. The summed E-state index contributed by atoms with van der Waals surface area (Å²) in [5.41, 5.74) is 5.53. The molecule has 116 valence electrons. The number of hydrazine groups is 1. The quantitative estimate of drug-likeness (QED) is 0.593. The normalized spacial score (nSPS) is 12.9. The van der Waals surface area contributed by atoms with Crippen LogP contribution in [-0.4, -0.2) is 9.78 Å². The lowest BCUT2D eigenvalue weighted by Gasteiger charge is -2.16. The molecule has 0 aliphatic carbocycles. The summed E-state index contributed by atoms with van der Waals surface area (Å²) in [6.45, 7) is 4.82. The van der Waals surface area contributed by atoms with Gasteiger partial charge in [0.1, 0.15) is 0 Å². The lowest BCUT2D eigenvalue weighted by molar-refractivity contribution is 0.518. The number of nitrogens with two attached hydrogens (primary N) is 1. The Labute approximate surface area is 143 Å². The van der Waals surface area contributed by atoms with Crippen LogP contribution in [0.3, 0.4) is 0 Å². The van der Waals surface area contributed by atoms with Crippen LogP contribution < -0.4 is 11.3 Å². The molecule has 3 N–H and O–H groups in total. The van der Waals surface area contributed by atoms with E-state index in [2.05, 4.69) is 10.5 Å². The Hall–Kier alpha value is -0.300. The smallest absolute Gasteiger partial charge is 0.0992 e. The Balaban J connectivity index is 2.35. The molecule has 8 heteroatoms. The van der Waals surface area contributed by atoms with Gasteiger partial charge in [0.2, 0.25) is 0 Å². The van der Waals surface area contributed by atoms with Crippen LogP contribution in [0.15, 0.2) is 6.07 Å². The summed E-state index contributed by atoms with van der Waals surface area (Å²) in [5, 5.41) is 5.22. The largest absolute Gasteiger partial charge is 0.271 e. The van der Waals surface area contributed by atoms with Gasteiger partial charge in [-0.05, 0) is 19.4 Å². The van der Waals surface area contributed by atoms with Crippen LogP contribution in [0.4, 0.5) is 0 Å². The van der Waals surface area contributed by atoms with Crippen molar-refractivity contribution in [2.75, 3.05) is 0 Å². The Kier molecular flexibility index (Phi) is 5.94. The molecule has 0 spiro atoms. The highest BCUT2D eigenvalue weighted by Crippen LogP contribution is 2.37. The zero-order valence-electron chi connectivity index (χ0n) is 11.8. The molecule has 0 aliphatic heterocycles. The van der Waals surface area contributed by atoms with Gasteiger partial charge in [-0.2, -0.15) is 5.10 Å². The number of thiophene rings is 1. The second kappa shape index (κ2) is 7.31. The fraction of sp³-hybridized carbons (Fsp3) is 0.462. The zero-order valence-corrected chi connectivity index (χ0v) is 14.9. The molecule has 0 saturated heterocycles. The Morgan fingerprint density at radius 1 is 1.38 bits per heavy atom. The average Bonchev–Trinajstić information content (AvgIpc) is 2.95. The first-order valence-corrected chi connectivity index (χ1v) is 8.61. The topological polar surface area (TPSA) is 55.9 Å². The molecule has 21 heavy (non-hydrogen) atoms. The molecule has 2 aromatic heterocycles. The minimum atomic E-state index is -0.162. The fourth-order valence-corrected chi connectivity index (χ4v) is 4.18. The molecule has 1 atom stereocenters. The maximum atomic E-state index is 6.43. The van der Waals surface area contributed by atoms with Crippen LogP contribution in [0.2, 0.25) is 13.7 Å². The summed E-state index contributed by atoms with van der Waals surface area (Å²) in [7, 11) is 0. The van der Waals surface area contributed by atoms with Crippen LogP contribution in [0.1, 0.15) is 36.8 Å². The standard InChI is InChI=1S/C13H17Cl3N4S/c1-3-8-12(15)10(20(4-2)19-8)6-9(18-17)7-5-11(14)21-13(7)16/h5,9,18H,3-4,6,17H2,1-2H3. The maximum Gasteiger partial charge on any atom is 0.0992 e. The number of nitrogens with one attached hydrogen (secondary N) is 1. The predicted octanol–water partition coefficient (Wildman–Crippen LogP) is 4.23. The Bertz CT molecular complexity index is 623. The first-order valence-electron chi connectivity index (χ1n) is 6.66. The molecule has 0 aromatic carbocycles. The second-order valence-electron chi connectivity index (χ2n) is 4.58. The third-order valence-electron chi connectivity index (χ3n) is 3.35. The SMILES string of the molecule is CCc1nn(CC)c(CC(NN)c2cc(Cl)sc2Cl)c1Cl. The monoisotopic (exact) mass is 366 g/mol. The molecule has 0 aliphatic rings. The van der Waals surface area contributed by atoms with Crippen LogP contribution in [-0.2, 0) is 19.4 Å². The van der Waals surface area contributed by atoms with Gasteiger partial charge in [0.15, 0.2) is 0 Å². The summed E-state index contributed by atoms with van der Waals surface area (Å²) < 4.78 is 3.19. The van der Waals surface area contributed by atoms with Crippen LogP contribution >= 0.6 is 46.1 Å². The molecule has 0 fully saturated rings. The molecule has 2 aromatic rings. The van der Waals surface area contributed by atoms with Crippen molar-refractivity contribution in [1.29, 1.82) is 0 Å². The lowest BCUT2D eigenvalue weighted by Crippen LogP contribution is -2.30. The van der Waals surface area contributed by atoms with E-state index in [9.17, 15) is 0 Å². The number of hydrogen-bond donors (Lipinski definition) is 2. The van der Waals surface area contributed by atoms with Gasteiger partial charge in [0, 0.05) is 18.5 Å². The van der Waals surface area contributed by atoms with Gasteiger partial charge < -0.3 is 0 Å². The number of aryl methyl sites for hydroxylation is 2. The molecular formula is C13H17Cl3N4S. The summed E-state index contributed by atoms with van der Waals surface area (Å²) in [4.78, 5) is 0. The minimum absolute atomic E-state index is 0.162. The highest BCUT2D eigenvalue weighted by atomic mass is 35.5. The fourth-order valence-electron chi connectivity index (χ4n) is 2.25. The van der Waals surface area contributed by atoms with Crippen LogP contribution in [0, 0.1) is 0 Å². The van der Waals surface area contributed by atoms with Crippen LogP contribution in [0.25, 0.3) is 0 Å². The summed E-state index contributed by atoms with van der Waals surface area (Å²) in [5.74, 6) is 5.69. The van der Waals surface area contributed by atoms with Gasteiger partial charge in [0.05, 0.1) is 31.1 Å². The predicted molar refractivity (Wildman–Crippen MR) is 90.4 cm³/mol. The second-order valence-corrected chi connectivity index (χ2v) is 7.24. The van der Waals surface area contributed by atoms with Crippen molar-refractivity contribution in [3.8, 4) is 0 Å². The first kappa shape index (κ1) is 17.1. The van der Waals surface area contributed by atoms with Gasteiger partial charge in [-0.25, -0.2) is 0 Å². The number of hydrogen-bond acceptors (Lipinski definition) is 4. The Morgan fingerprint density at radius 3 is 2.57 bits per heavy atom. The first-order chi connectivity index (χ1) is 10.0. The zero-order chi connectivity index (χ0) is 15.6. The van der Waals surface area contributed by atoms with Gasteiger partial charge in [-0.15, -0.1) is 11.3 Å². The van der Waals surface area contributed by atoms with Crippen molar-refractivity contribution in [3.63, 3.8) is 0 Å². The average molecular weight is 368 g/mol. The van der Waals surface area contributed by atoms with E-state index in [1.54, 1.807) is 0 Å². The highest BCUT2D eigenvalue weighted by molar-refractivity contribution is 7.20. The molecule has 4 nitrogen and oxygen atoms in total. The van der Waals surface area contributed by atoms with E-state index in [1.165, 1.54) is 11.3 Å². The molecule has 0 radical (unpaired) electrons. The van der Waals surface area contributed by atoms with Gasteiger partial charge in [0.25, 0.3) is 0 Å². The van der Waals surface area contributed by atoms with E-state index in [-0.39, 0.29) is 6.04 Å². The van der Waals surface area contributed by atoms with E-state index in [0.29, 0.717) is 20.1 Å². The van der Waals surface area contributed by atoms with Gasteiger partial charge >= 0.3 is 0 Å². The van der Waals surface area contributed by atoms with Crippen molar-refractivity contribution in [1.82, 2.24) is 15.2 Å². The minimum Gasteiger partial charge on any atom is -0.271 e. The van der Waals surface area contributed by atoms with Crippen molar-refractivity contribution in [2.24, 2.45) is 5.84 Å². The number of aromatic nitrogens is 2. The molecule has 0 bridgehead atoms. The number of rotatable bonds is 6. The van der Waals surface area contributed by atoms with Crippen molar-refractivity contribution >= 4 is 46.1 Å². The van der Waals surface area contributed by atoms with E-state index >= 15 is 0 Å². The maximum absolute atomic E-state index is 6.43. The van der Waals surface area contributed by atoms with E-state index in [1.807, 2.05) is 24.6 Å². The summed E-state index contributed by atoms with van der Waals surface area (Å²) in [6, 6.07) is 1.67. The van der Waals surface area contributed by atoms with Crippen molar-refractivity contribution in [3.05, 3.63) is 36.7 Å². The van der Waals surface area contributed by atoms with Gasteiger partial charge in [-0.1, -0.05) is 41.7 Å². The molecule has 0 amide bonds. The van der Waals surface area contributed by atoms with Crippen molar-refractivity contribution < 1.29 is 0 Å².